The first-order valence-corrected chi connectivity index (χ1v) is 16.1. The molecule has 6 rings (SSSR count). The number of pyridine rings is 3. The summed E-state index contributed by atoms with van der Waals surface area (Å²) >= 11 is 6.20. The number of carboxylic acids is 1. The highest BCUT2D eigenvalue weighted by Crippen LogP contribution is 2.38. The van der Waals surface area contributed by atoms with Crippen LogP contribution in [0.1, 0.15) is 65.5 Å². The maximum Gasteiger partial charge on any atom is 0.452 e. The van der Waals surface area contributed by atoms with E-state index in [2.05, 4.69) is 15.2 Å². The van der Waals surface area contributed by atoms with E-state index in [1.54, 1.807) is 26.0 Å². The molecule has 0 saturated carbocycles. The number of aliphatic carboxylic acids is 1. The maximum atomic E-state index is 14.1. The van der Waals surface area contributed by atoms with Gasteiger partial charge in [0.15, 0.2) is 5.65 Å². The van der Waals surface area contributed by atoms with E-state index in [9.17, 15) is 31.5 Å². The summed E-state index contributed by atoms with van der Waals surface area (Å²) in [5, 5.41) is 17.0. The number of hydrogen-bond donors (Lipinski definition) is 1. The average molecular weight is 664 g/mol. The molecule has 0 bridgehead atoms. The summed E-state index contributed by atoms with van der Waals surface area (Å²) in [6.45, 7) is 4.12. The van der Waals surface area contributed by atoms with Crippen molar-refractivity contribution in [2.75, 3.05) is 18.0 Å². The number of anilines is 1. The lowest BCUT2D eigenvalue weighted by Crippen LogP contribution is -2.45. The smallest absolute Gasteiger partial charge is 0.452 e. The third-order valence-corrected chi connectivity index (χ3v) is 10.5. The fraction of sp³-hybridized carbons (Fsp3) is 0.414. The predicted molar refractivity (Wildman–Crippen MR) is 158 cm³/mol. The van der Waals surface area contributed by atoms with Crippen molar-refractivity contribution in [2.24, 2.45) is 0 Å². The van der Waals surface area contributed by atoms with Crippen molar-refractivity contribution < 1.29 is 31.5 Å². The van der Waals surface area contributed by atoms with E-state index in [1.165, 1.54) is 28.8 Å². The monoisotopic (exact) mass is 663 g/mol. The molecule has 1 fully saturated rings. The summed E-state index contributed by atoms with van der Waals surface area (Å²) in [6.07, 6.45) is 0.101. The van der Waals surface area contributed by atoms with Gasteiger partial charge < -0.3 is 10.0 Å². The Morgan fingerprint density at radius 3 is 2.69 bits per heavy atom. The normalized spacial score (nSPS) is 19.2. The minimum Gasteiger partial charge on any atom is -0.481 e. The Morgan fingerprint density at radius 1 is 1.18 bits per heavy atom. The molecule has 16 heteroatoms. The Bertz CT molecular complexity index is 1920. The molecule has 0 amide bonds. The van der Waals surface area contributed by atoms with Crippen molar-refractivity contribution in [3.05, 3.63) is 75.6 Å². The lowest BCUT2D eigenvalue weighted by atomic mass is 9.89. The SMILES string of the molecule is Cc1ccc([C@H](CC(=O)O)c2ccn3c(C(F)(F)F)nnc3c2C)nc1CN1C[C@H]2CCCCN2c2ncc(Cl)cc2S1(=O)=O. The molecule has 0 aromatic carbocycles. The standard InChI is InChI=1S/C29H29ClF3N7O4S/c1-16-6-7-22(21(12-25(41)42)20-8-10-40-26(17(20)2)36-37-28(40)29(31,32)33)35-23(16)15-38-14-19-5-3-4-9-39(19)27-24(45(38,43)44)11-18(30)13-34-27/h6-8,10-11,13,19,21H,3-5,9,12,14-15H2,1-2H3,(H,41,42)/t19-,21-/m1/s1. The van der Waals surface area contributed by atoms with Gasteiger partial charge in [0.2, 0.25) is 15.8 Å². The van der Waals surface area contributed by atoms with Gasteiger partial charge in [-0.3, -0.25) is 14.2 Å². The number of aryl methyl sites for hydroxylation is 2. The Hall–Kier alpha value is -3.82. The van der Waals surface area contributed by atoms with Crippen molar-refractivity contribution in [3.8, 4) is 0 Å². The van der Waals surface area contributed by atoms with Crippen molar-refractivity contribution in [1.82, 2.24) is 28.9 Å². The molecule has 4 aromatic rings. The van der Waals surface area contributed by atoms with Gasteiger partial charge in [-0.25, -0.2) is 13.4 Å². The van der Waals surface area contributed by atoms with E-state index in [4.69, 9.17) is 16.6 Å². The van der Waals surface area contributed by atoms with Crippen molar-refractivity contribution in [1.29, 1.82) is 0 Å². The largest absolute Gasteiger partial charge is 0.481 e. The molecule has 238 valence electrons. The number of nitrogens with zero attached hydrogens (tertiary/aromatic N) is 7. The molecule has 1 saturated heterocycles. The number of sulfonamides is 1. The molecule has 45 heavy (non-hydrogen) atoms. The maximum absolute atomic E-state index is 14.1. The molecule has 6 heterocycles. The number of hydrogen-bond acceptors (Lipinski definition) is 8. The predicted octanol–water partition coefficient (Wildman–Crippen LogP) is 4.98. The zero-order valence-corrected chi connectivity index (χ0v) is 25.9. The minimum atomic E-state index is -4.73. The fourth-order valence-corrected chi connectivity index (χ4v) is 8.07. The van der Waals surface area contributed by atoms with Crippen molar-refractivity contribution >= 4 is 39.1 Å². The van der Waals surface area contributed by atoms with Crippen LogP contribution in [-0.4, -0.2) is 67.5 Å². The van der Waals surface area contributed by atoms with Crippen LogP contribution in [0.5, 0.6) is 0 Å². The van der Waals surface area contributed by atoms with Crippen LogP contribution in [0.15, 0.2) is 41.6 Å². The van der Waals surface area contributed by atoms with E-state index in [1.807, 2.05) is 4.90 Å². The number of carbonyl (C=O) groups is 1. The van der Waals surface area contributed by atoms with Crippen molar-refractivity contribution in [3.63, 3.8) is 0 Å². The molecule has 1 N–H and O–H groups in total. The zero-order valence-electron chi connectivity index (χ0n) is 24.3. The number of halogens is 4. The number of rotatable bonds is 6. The van der Waals surface area contributed by atoms with Crippen LogP contribution in [0.25, 0.3) is 5.65 Å². The van der Waals surface area contributed by atoms with Gasteiger partial charge in [-0.15, -0.1) is 10.2 Å². The molecule has 11 nitrogen and oxygen atoms in total. The van der Waals surface area contributed by atoms with Gasteiger partial charge >= 0.3 is 12.1 Å². The third kappa shape index (κ3) is 5.72. The Balaban J connectivity index is 1.41. The first-order chi connectivity index (χ1) is 21.3. The van der Waals surface area contributed by atoms with E-state index in [0.717, 1.165) is 23.7 Å². The lowest BCUT2D eigenvalue weighted by Gasteiger charge is -2.36. The number of alkyl halides is 3. The minimum absolute atomic E-state index is 0.0208. The van der Waals surface area contributed by atoms with Gasteiger partial charge in [-0.05, 0) is 68.0 Å². The molecule has 0 aliphatic carbocycles. The Morgan fingerprint density at radius 2 is 1.96 bits per heavy atom. The van der Waals surface area contributed by atoms with E-state index >= 15 is 0 Å². The third-order valence-electron chi connectivity index (χ3n) is 8.51. The quantitative estimate of drug-likeness (QED) is 0.303. The van der Waals surface area contributed by atoms with Crippen LogP contribution in [0.2, 0.25) is 5.02 Å². The van der Waals surface area contributed by atoms with Gasteiger partial charge in [0, 0.05) is 43.1 Å². The highest BCUT2D eigenvalue weighted by molar-refractivity contribution is 7.89. The van der Waals surface area contributed by atoms with Crippen molar-refractivity contribution in [2.45, 2.75) is 69.1 Å². The van der Waals surface area contributed by atoms with Crippen LogP contribution in [-0.2, 0) is 27.5 Å². The second-order valence-corrected chi connectivity index (χ2v) is 13.7. The Kier molecular flexibility index (Phi) is 7.98. The molecular weight excluding hydrogens is 635 g/mol. The fourth-order valence-electron chi connectivity index (χ4n) is 6.24. The van der Waals surface area contributed by atoms with E-state index in [0.29, 0.717) is 40.4 Å². The first kappa shape index (κ1) is 31.2. The molecule has 4 aromatic heterocycles. The van der Waals surface area contributed by atoms with Gasteiger partial charge in [0.05, 0.1) is 23.7 Å². The summed E-state index contributed by atoms with van der Waals surface area (Å²) in [5.74, 6) is -2.82. The van der Waals surface area contributed by atoms with Gasteiger partial charge in [-0.2, -0.15) is 17.5 Å². The van der Waals surface area contributed by atoms with E-state index < -0.39 is 40.3 Å². The number of fused-ring (bicyclic) bond motifs is 4. The zero-order chi connectivity index (χ0) is 32.3. The van der Waals surface area contributed by atoms with Crippen LogP contribution in [0.4, 0.5) is 19.0 Å². The second kappa shape index (κ2) is 11.5. The summed E-state index contributed by atoms with van der Waals surface area (Å²) in [6, 6.07) is 6.12. The molecule has 0 spiro atoms. The van der Waals surface area contributed by atoms with E-state index in [-0.39, 0.29) is 34.7 Å². The molecule has 2 aliphatic heterocycles. The molecule has 2 atom stereocenters. The Labute approximate surface area is 261 Å². The lowest BCUT2D eigenvalue weighted by molar-refractivity contribution is -0.145. The van der Waals surface area contributed by atoms with Crippen LogP contribution < -0.4 is 4.90 Å². The van der Waals surface area contributed by atoms with Gasteiger partial charge in [0.25, 0.3) is 0 Å². The summed E-state index contributed by atoms with van der Waals surface area (Å²) in [5.41, 5.74) is 2.13. The van der Waals surface area contributed by atoms with Crippen LogP contribution in [0.3, 0.4) is 0 Å². The highest BCUT2D eigenvalue weighted by Gasteiger charge is 2.40. The number of aromatic nitrogens is 5. The van der Waals surface area contributed by atoms with Crippen LogP contribution >= 0.6 is 11.6 Å². The molecule has 2 aliphatic rings. The number of piperidine rings is 1. The van der Waals surface area contributed by atoms with Gasteiger partial charge in [-0.1, -0.05) is 17.7 Å². The number of carboxylic acid groups (broad SMARTS) is 1. The second-order valence-electron chi connectivity index (χ2n) is 11.4. The first-order valence-electron chi connectivity index (χ1n) is 14.3. The molecule has 0 unspecified atom stereocenters. The highest BCUT2D eigenvalue weighted by atomic mass is 35.5. The summed E-state index contributed by atoms with van der Waals surface area (Å²) in [4.78, 5) is 23.3. The summed E-state index contributed by atoms with van der Waals surface area (Å²) < 4.78 is 70.7. The summed E-state index contributed by atoms with van der Waals surface area (Å²) in [7, 11) is -4.06. The molecular formula is C29H29ClF3N7O4S. The average Bonchev–Trinajstić information content (AvgIpc) is 3.40. The van der Waals surface area contributed by atoms with Gasteiger partial charge in [0.1, 0.15) is 10.7 Å². The molecule has 0 radical (unpaired) electrons. The van der Waals surface area contributed by atoms with Crippen LogP contribution in [0, 0.1) is 13.8 Å². The topological polar surface area (TPSA) is 134 Å².